The predicted molar refractivity (Wildman–Crippen MR) is 84.4 cm³/mol. The van der Waals surface area contributed by atoms with Crippen LogP contribution in [-0.4, -0.2) is 29.4 Å². The van der Waals surface area contributed by atoms with Crippen molar-refractivity contribution in [2.75, 3.05) is 13.6 Å². The summed E-state index contributed by atoms with van der Waals surface area (Å²) in [5.41, 5.74) is 1.08. The van der Waals surface area contributed by atoms with Crippen molar-refractivity contribution in [3.8, 4) is 0 Å². The molecule has 106 valence electrons. The van der Waals surface area contributed by atoms with Gasteiger partial charge in [-0.15, -0.1) is 11.3 Å². The maximum absolute atomic E-state index is 11.8. The summed E-state index contributed by atoms with van der Waals surface area (Å²) in [7, 11) is 1.92. The number of aromatic nitrogens is 1. The Bertz CT molecular complexity index is 542. The van der Waals surface area contributed by atoms with Gasteiger partial charge in [-0.1, -0.05) is 12.1 Å². The monoisotopic (exact) mass is 353 g/mol. The molecule has 0 aliphatic carbocycles. The molecule has 2 heterocycles. The number of rotatable bonds is 6. The molecule has 0 aliphatic heterocycles. The van der Waals surface area contributed by atoms with Gasteiger partial charge in [0.2, 0.25) is 5.91 Å². The summed E-state index contributed by atoms with van der Waals surface area (Å²) in [6.07, 6.45) is 1.81. The highest BCUT2D eigenvalue weighted by molar-refractivity contribution is 9.10. The second kappa shape index (κ2) is 7.52. The van der Waals surface area contributed by atoms with Gasteiger partial charge >= 0.3 is 0 Å². The summed E-state index contributed by atoms with van der Waals surface area (Å²) in [6.45, 7) is 1.68. The molecule has 0 fully saturated rings. The molecule has 1 N–H and O–H groups in total. The van der Waals surface area contributed by atoms with Gasteiger partial charge in [0.25, 0.3) is 0 Å². The average Bonchev–Trinajstić information content (AvgIpc) is 2.92. The first-order chi connectivity index (χ1) is 9.63. The molecule has 20 heavy (non-hydrogen) atoms. The number of nitrogens with zero attached hydrogens (tertiary/aromatic N) is 2. The minimum absolute atomic E-state index is 0.0333. The molecule has 2 aromatic rings. The lowest BCUT2D eigenvalue weighted by Crippen LogP contribution is -2.34. The van der Waals surface area contributed by atoms with E-state index < -0.39 is 0 Å². The van der Waals surface area contributed by atoms with Crippen molar-refractivity contribution in [3.05, 3.63) is 50.9 Å². The summed E-state index contributed by atoms with van der Waals surface area (Å²) in [5.74, 6) is 0.0333. The number of carbonyl (C=O) groups excluding carboxylic acids is 1. The van der Waals surface area contributed by atoms with Crippen LogP contribution in [0.2, 0.25) is 0 Å². The number of nitrogens with one attached hydrogen (secondary N) is 1. The number of hydrogen-bond acceptors (Lipinski definition) is 4. The first-order valence-corrected chi connectivity index (χ1v) is 7.89. The number of thiophene rings is 1. The van der Waals surface area contributed by atoms with Crippen LogP contribution in [0.25, 0.3) is 0 Å². The topological polar surface area (TPSA) is 45.2 Å². The average molecular weight is 354 g/mol. The normalized spacial score (nSPS) is 10.8. The lowest BCUT2D eigenvalue weighted by molar-refractivity contribution is -0.122. The van der Waals surface area contributed by atoms with Crippen molar-refractivity contribution in [3.63, 3.8) is 0 Å². The third kappa shape index (κ3) is 5.03. The van der Waals surface area contributed by atoms with E-state index in [1.54, 1.807) is 11.3 Å². The molecular weight excluding hydrogens is 338 g/mol. The van der Waals surface area contributed by atoms with Gasteiger partial charge in [-0.05, 0) is 46.1 Å². The Morgan fingerprint density at radius 2 is 2.30 bits per heavy atom. The van der Waals surface area contributed by atoms with E-state index in [4.69, 9.17) is 0 Å². The van der Waals surface area contributed by atoms with Crippen molar-refractivity contribution >= 4 is 33.2 Å². The lowest BCUT2D eigenvalue weighted by atomic mass is 10.3. The highest BCUT2D eigenvalue weighted by Crippen LogP contribution is 2.08. The summed E-state index contributed by atoms with van der Waals surface area (Å²) in [5, 5.41) is 4.93. The van der Waals surface area contributed by atoms with E-state index >= 15 is 0 Å². The Balaban J connectivity index is 1.74. The molecule has 4 nitrogen and oxygen atoms in total. The van der Waals surface area contributed by atoms with Crippen molar-refractivity contribution in [1.29, 1.82) is 0 Å². The van der Waals surface area contributed by atoms with Crippen LogP contribution in [0.3, 0.4) is 0 Å². The van der Waals surface area contributed by atoms with Crippen LogP contribution in [0.4, 0.5) is 0 Å². The number of hydrogen-bond donors (Lipinski definition) is 1. The van der Waals surface area contributed by atoms with Gasteiger partial charge < -0.3 is 5.32 Å². The molecule has 0 unspecified atom stereocenters. The van der Waals surface area contributed by atoms with Gasteiger partial charge in [-0.2, -0.15) is 0 Å². The van der Waals surface area contributed by atoms with E-state index in [0.29, 0.717) is 19.6 Å². The first-order valence-electron chi connectivity index (χ1n) is 6.21. The molecule has 0 saturated carbocycles. The van der Waals surface area contributed by atoms with E-state index in [1.165, 1.54) is 0 Å². The van der Waals surface area contributed by atoms with E-state index in [-0.39, 0.29) is 5.91 Å². The van der Waals surface area contributed by atoms with Crippen molar-refractivity contribution in [2.45, 2.75) is 13.1 Å². The number of amides is 1. The fourth-order valence-electron chi connectivity index (χ4n) is 1.77. The summed E-state index contributed by atoms with van der Waals surface area (Å²) in [6, 6.07) is 7.90. The summed E-state index contributed by atoms with van der Waals surface area (Å²) in [4.78, 5) is 19.1. The van der Waals surface area contributed by atoms with Crippen molar-refractivity contribution in [1.82, 2.24) is 15.2 Å². The Morgan fingerprint density at radius 3 is 2.95 bits per heavy atom. The Hall–Kier alpha value is -1.24. The highest BCUT2D eigenvalue weighted by Gasteiger charge is 2.07. The molecule has 6 heteroatoms. The quantitative estimate of drug-likeness (QED) is 0.812. The van der Waals surface area contributed by atoms with Gasteiger partial charge in [-0.3, -0.25) is 9.69 Å². The van der Waals surface area contributed by atoms with Crippen LogP contribution < -0.4 is 5.32 Å². The molecular formula is C14H16BrN3OS. The second-order valence-electron chi connectivity index (χ2n) is 4.52. The zero-order valence-electron chi connectivity index (χ0n) is 11.2. The maximum Gasteiger partial charge on any atom is 0.234 e. The number of halogens is 1. The lowest BCUT2D eigenvalue weighted by Gasteiger charge is -2.16. The predicted octanol–water partition coefficient (Wildman–Crippen LogP) is 2.65. The molecule has 0 spiro atoms. The summed E-state index contributed by atoms with van der Waals surface area (Å²) >= 11 is 4.95. The number of likely N-dealkylation sites (N-methyl/N-ethyl adjacent to an activating group) is 1. The van der Waals surface area contributed by atoms with Crippen LogP contribution in [0.1, 0.15) is 10.4 Å². The molecule has 2 aromatic heterocycles. The molecule has 2 rings (SSSR count). The molecule has 0 radical (unpaired) electrons. The Kier molecular flexibility index (Phi) is 5.70. The molecule has 0 bridgehead atoms. The number of carbonyl (C=O) groups is 1. The van der Waals surface area contributed by atoms with Crippen molar-refractivity contribution < 1.29 is 4.79 Å². The van der Waals surface area contributed by atoms with Crippen LogP contribution in [0, 0.1) is 0 Å². The molecule has 0 aliphatic rings. The minimum Gasteiger partial charge on any atom is -0.350 e. The molecule has 0 aromatic carbocycles. The molecule has 1 amide bonds. The van der Waals surface area contributed by atoms with Crippen LogP contribution in [0.15, 0.2) is 40.4 Å². The van der Waals surface area contributed by atoms with Gasteiger partial charge in [0.1, 0.15) is 4.60 Å². The SMILES string of the molecule is CN(CC(=O)NCc1cccs1)Cc1ccc(Br)nc1. The van der Waals surface area contributed by atoms with Gasteiger partial charge in [0.05, 0.1) is 13.1 Å². The van der Waals surface area contributed by atoms with Crippen molar-refractivity contribution in [2.24, 2.45) is 0 Å². The standard InChI is InChI=1S/C14H16BrN3OS/c1-18(9-11-4-5-13(15)16-7-11)10-14(19)17-8-12-3-2-6-20-12/h2-7H,8-10H2,1H3,(H,17,19). The van der Waals surface area contributed by atoms with E-state index in [1.807, 2.05) is 47.8 Å². The summed E-state index contributed by atoms with van der Waals surface area (Å²) < 4.78 is 0.817. The van der Waals surface area contributed by atoms with Crippen LogP contribution in [0.5, 0.6) is 0 Å². The first kappa shape index (κ1) is 15.2. The van der Waals surface area contributed by atoms with E-state index in [0.717, 1.165) is 15.0 Å². The van der Waals surface area contributed by atoms with E-state index in [2.05, 4.69) is 26.2 Å². The molecule has 0 atom stereocenters. The van der Waals surface area contributed by atoms with E-state index in [9.17, 15) is 4.79 Å². The number of pyridine rings is 1. The smallest absolute Gasteiger partial charge is 0.234 e. The molecule has 0 saturated heterocycles. The zero-order valence-corrected chi connectivity index (χ0v) is 13.6. The third-order valence-electron chi connectivity index (χ3n) is 2.69. The fourth-order valence-corrected chi connectivity index (χ4v) is 2.65. The van der Waals surface area contributed by atoms with Gasteiger partial charge in [0.15, 0.2) is 0 Å². The second-order valence-corrected chi connectivity index (χ2v) is 6.36. The third-order valence-corrected chi connectivity index (χ3v) is 4.04. The highest BCUT2D eigenvalue weighted by atomic mass is 79.9. The van der Waals surface area contributed by atoms with Crippen LogP contribution in [-0.2, 0) is 17.9 Å². The Morgan fingerprint density at radius 1 is 1.45 bits per heavy atom. The zero-order chi connectivity index (χ0) is 14.4. The Labute approximate surface area is 131 Å². The largest absolute Gasteiger partial charge is 0.350 e. The van der Waals surface area contributed by atoms with Gasteiger partial charge in [0, 0.05) is 17.6 Å². The maximum atomic E-state index is 11.8. The minimum atomic E-state index is 0.0333. The van der Waals surface area contributed by atoms with Crippen LogP contribution >= 0.6 is 27.3 Å². The van der Waals surface area contributed by atoms with Gasteiger partial charge in [-0.25, -0.2) is 4.98 Å². The fraction of sp³-hybridized carbons (Fsp3) is 0.286.